The van der Waals surface area contributed by atoms with Crippen LogP contribution in [-0.4, -0.2) is 37.1 Å². The smallest absolute Gasteiger partial charge is 0.321 e. The van der Waals surface area contributed by atoms with Gasteiger partial charge in [-0.2, -0.15) is 0 Å². The average Bonchev–Trinajstić information content (AvgIpc) is 2.92. The first kappa shape index (κ1) is 11.8. The third-order valence-electron chi connectivity index (χ3n) is 3.77. The van der Waals surface area contributed by atoms with E-state index in [4.69, 9.17) is 11.6 Å². The molecular weight excluding hydrogens is 250 g/mol. The van der Waals surface area contributed by atoms with Crippen LogP contribution in [0.1, 0.15) is 0 Å². The molecule has 2 atom stereocenters. The zero-order valence-electron chi connectivity index (χ0n) is 10.0. The summed E-state index contributed by atoms with van der Waals surface area (Å²) in [6, 6.07) is 7.18. The minimum atomic E-state index is -0.00766. The molecule has 0 radical (unpaired) electrons. The number of carbonyl (C=O) groups excluding carboxylic acids is 1. The van der Waals surface area contributed by atoms with Crippen molar-refractivity contribution < 1.29 is 4.79 Å². The number of hydrogen-bond acceptors (Lipinski definition) is 2. The van der Waals surface area contributed by atoms with Gasteiger partial charge in [-0.15, -0.1) is 0 Å². The first-order chi connectivity index (χ1) is 8.72. The van der Waals surface area contributed by atoms with Crippen LogP contribution in [0.2, 0.25) is 5.02 Å². The van der Waals surface area contributed by atoms with Crippen molar-refractivity contribution in [3.63, 3.8) is 0 Å². The molecule has 0 unspecified atom stereocenters. The maximum absolute atomic E-state index is 12.1. The highest BCUT2D eigenvalue weighted by Crippen LogP contribution is 2.26. The highest BCUT2D eigenvalue weighted by molar-refractivity contribution is 6.30. The zero-order chi connectivity index (χ0) is 12.5. The second kappa shape index (κ2) is 4.78. The fraction of sp³-hybridized carbons (Fsp3) is 0.462. The second-order valence-corrected chi connectivity index (χ2v) is 5.46. The molecule has 2 N–H and O–H groups in total. The van der Waals surface area contributed by atoms with Crippen LogP contribution in [-0.2, 0) is 0 Å². The summed E-state index contributed by atoms with van der Waals surface area (Å²) in [6.45, 7) is 3.79. The van der Waals surface area contributed by atoms with E-state index in [1.165, 1.54) is 0 Å². The normalized spacial score (nSPS) is 26.2. The molecule has 0 aliphatic carbocycles. The van der Waals surface area contributed by atoms with E-state index in [0.717, 1.165) is 31.9 Å². The highest BCUT2D eigenvalue weighted by atomic mass is 35.5. The number of hydrogen-bond donors (Lipinski definition) is 2. The van der Waals surface area contributed by atoms with Crippen LogP contribution < -0.4 is 10.6 Å². The molecule has 0 bridgehead atoms. The van der Waals surface area contributed by atoms with Crippen LogP contribution in [0.5, 0.6) is 0 Å². The molecule has 2 aliphatic heterocycles. The number of anilines is 1. The topological polar surface area (TPSA) is 44.4 Å². The van der Waals surface area contributed by atoms with Gasteiger partial charge in [-0.05, 0) is 36.1 Å². The van der Waals surface area contributed by atoms with Gasteiger partial charge in [0.05, 0.1) is 0 Å². The molecule has 18 heavy (non-hydrogen) atoms. The molecule has 5 heteroatoms. The molecule has 3 rings (SSSR count). The Bertz CT molecular complexity index is 436. The summed E-state index contributed by atoms with van der Waals surface area (Å²) < 4.78 is 0. The van der Waals surface area contributed by atoms with E-state index in [-0.39, 0.29) is 6.03 Å². The summed E-state index contributed by atoms with van der Waals surface area (Å²) in [7, 11) is 0. The Morgan fingerprint density at radius 1 is 1.22 bits per heavy atom. The van der Waals surface area contributed by atoms with Gasteiger partial charge in [0.1, 0.15) is 0 Å². The minimum Gasteiger partial charge on any atom is -0.324 e. The van der Waals surface area contributed by atoms with E-state index in [0.29, 0.717) is 16.9 Å². The fourth-order valence-electron chi connectivity index (χ4n) is 2.76. The largest absolute Gasteiger partial charge is 0.324 e. The Labute approximate surface area is 111 Å². The summed E-state index contributed by atoms with van der Waals surface area (Å²) in [5.41, 5.74) is 0.791. The summed E-state index contributed by atoms with van der Waals surface area (Å²) in [5.74, 6) is 1.25. The molecule has 0 spiro atoms. The number of fused-ring (bicyclic) bond motifs is 1. The summed E-state index contributed by atoms with van der Waals surface area (Å²) in [4.78, 5) is 14.0. The van der Waals surface area contributed by atoms with E-state index in [9.17, 15) is 4.79 Å². The Balaban J connectivity index is 1.60. The third-order valence-corrected chi connectivity index (χ3v) is 4.02. The van der Waals surface area contributed by atoms with Crippen LogP contribution >= 0.6 is 11.6 Å². The number of urea groups is 1. The summed E-state index contributed by atoms with van der Waals surface area (Å²) in [6.07, 6.45) is 0. The van der Waals surface area contributed by atoms with Gasteiger partial charge >= 0.3 is 6.03 Å². The summed E-state index contributed by atoms with van der Waals surface area (Å²) in [5, 5.41) is 6.95. The fourth-order valence-corrected chi connectivity index (χ4v) is 2.88. The van der Waals surface area contributed by atoms with Crippen LogP contribution in [0.4, 0.5) is 10.5 Å². The van der Waals surface area contributed by atoms with E-state index < -0.39 is 0 Å². The van der Waals surface area contributed by atoms with Crippen molar-refractivity contribution in [3.05, 3.63) is 29.3 Å². The molecule has 2 saturated heterocycles. The number of halogens is 1. The average molecular weight is 266 g/mol. The van der Waals surface area contributed by atoms with Gasteiger partial charge in [0, 0.05) is 36.9 Å². The number of amides is 2. The van der Waals surface area contributed by atoms with Crippen LogP contribution in [0, 0.1) is 11.8 Å². The Morgan fingerprint density at radius 3 is 2.44 bits per heavy atom. The molecule has 1 aromatic rings. The molecule has 2 aliphatic rings. The number of rotatable bonds is 1. The molecule has 2 amide bonds. The molecular formula is C13H16ClN3O. The lowest BCUT2D eigenvalue weighted by molar-refractivity contribution is 0.219. The lowest BCUT2D eigenvalue weighted by atomic mass is 10.0. The van der Waals surface area contributed by atoms with E-state index in [2.05, 4.69) is 10.6 Å². The third kappa shape index (κ3) is 2.31. The summed E-state index contributed by atoms with van der Waals surface area (Å²) >= 11 is 5.81. The van der Waals surface area contributed by atoms with Crippen molar-refractivity contribution in [1.82, 2.24) is 10.2 Å². The standard InChI is InChI=1S/C13H16ClN3O/c14-11-1-3-12(4-2-11)16-13(18)17-7-9-5-15-6-10(9)8-17/h1-4,9-10,15H,5-8H2,(H,16,18)/t9-,10+. The maximum atomic E-state index is 12.1. The van der Waals surface area contributed by atoms with Gasteiger partial charge in [0.25, 0.3) is 0 Å². The van der Waals surface area contributed by atoms with Crippen LogP contribution in [0.15, 0.2) is 24.3 Å². The van der Waals surface area contributed by atoms with E-state index >= 15 is 0 Å². The van der Waals surface area contributed by atoms with Gasteiger partial charge < -0.3 is 15.5 Å². The molecule has 0 aromatic heterocycles. The lowest BCUT2D eigenvalue weighted by Crippen LogP contribution is -2.35. The number of nitrogens with zero attached hydrogens (tertiary/aromatic N) is 1. The van der Waals surface area contributed by atoms with Gasteiger partial charge in [-0.25, -0.2) is 4.79 Å². The molecule has 0 saturated carbocycles. The Morgan fingerprint density at radius 2 is 1.83 bits per heavy atom. The SMILES string of the molecule is O=C(Nc1ccc(Cl)cc1)N1C[C@H]2CNC[C@H]2C1. The predicted octanol–water partition coefficient (Wildman–Crippen LogP) is 2.02. The van der Waals surface area contributed by atoms with E-state index in [1.807, 2.05) is 17.0 Å². The molecule has 4 nitrogen and oxygen atoms in total. The first-order valence-electron chi connectivity index (χ1n) is 6.24. The van der Waals surface area contributed by atoms with Crippen molar-refractivity contribution in [2.75, 3.05) is 31.5 Å². The second-order valence-electron chi connectivity index (χ2n) is 5.02. The van der Waals surface area contributed by atoms with Crippen molar-refractivity contribution in [1.29, 1.82) is 0 Å². The highest BCUT2D eigenvalue weighted by Gasteiger charge is 2.37. The molecule has 1 aromatic carbocycles. The Kier molecular flexibility index (Phi) is 3.14. The number of likely N-dealkylation sites (tertiary alicyclic amines) is 1. The molecule has 2 fully saturated rings. The predicted molar refractivity (Wildman–Crippen MR) is 71.9 cm³/mol. The van der Waals surface area contributed by atoms with Crippen molar-refractivity contribution in [3.8, 4) is 0 Å². The van der Waals surface area contributed by atoms with Gasteiger partial charge in [-0.1, -0.05) is 11.6 Å². The lowest BCUT2D eigenvalue weighted by Gasteiger charge is -2.18. The van der Waals surface area contributed by atoms with Crippen LogP contribution in [0.25, 0.3) is 0 Å². The van der Waals surface area contributed by atoms with Crippen molar-refractivity contribution in [2.24, 2.45) is 11.8 Å². The monoisotopic (exact) mass is 265 g/mol. The van der Waals surface area contributed by atoms with E-state index in [1.54, 1.807) is 12.1 Å². The Hall–Kier alpha value is -1.26. The number of nitrogens with one attached hydrogen (secondary N) is 2. The van der Waals surface area contributed by atoms with Crippen LogP contribution in [0.3, 0.4) is 0 Å². The maximum Gasteiger partial charge on any atom is 0.321 e. The molecule has 96 valence electrons. The minimum absolute atomic E-state index is 0.00766. The number of carbonyl (C=O) groups is 1. The van der Waals surface area contributed by atoms with Gasteiger partial charge in [-0.3, -0.25) is 0 Å². The van der Waals surface area contributed by atoms with Crippen molar-refractivity contribution >= 4 is 23.3 Å². The quantitative estimate of drug-likeness (QED) is 0.816. The van der Waals surface area contributed by atoms with Gasteiger partial charge in [0.2, 0.25) is 0 Å². The van der Waals surface area contributed by atoms with Crippen molar-refractivity contribution in [2.45, 2.75) is 0 Å². The molecule has 2 heterocycles. The van der Waals surface area contributed by atoms with Gasteiger partial charge in [0.15, 0.2) is 0 Å². The first-order valence-corrected chi connectivity index (χ1v) is 6.62. The number of benzene rings is 1. The zero-order valence-corrected chi connectivity index (χ0v) is 10.8.